The smallest absolute Gasteiger partial charge is 0.160 e. The number of aliphatic imine (C=N–C) groups is 1. The maximum atomic E-state index is 7.88. The summed E-state index contributed by atoms with van der Waals surface area (Å²) >= 11 is 0.878. The first kappa shape index (κ1) is 5.21. The van der Waals surface area contributed by atoms with E-state index in [1.807, 2.05) is 30.3 Å². The molecule has 72 valence electrons. The van der Waals surface area contributed by atoms with Gasteiger partial charge in [0.1, 0.15) is 0 Å². The molecule has 0 N–H and O–H groups in total. The lowest BCUT2D eigenvalue weighted by molar-refractivity contribution is 0.464. The van der Waals surface area contributed by atoms with Crippen LogP contribution in [0.15, 0.2) is 35.3 Å². The predicted octanol–water partition coefficient (Wildman–Crippen LogP) is 2.15. The molecule has 2 heterocycles. The average Bonchev–Trinajstić information content (AvgIpc) is 2.79. The van der Waals surface area contributed by atoms with E-state index >= 15 is 0 Å². The summed E-state index contributed by atoms with van der Waals surface area (Å²) in [4.78, 5) is 5.88. The summed E-state index contributed by atoms with van der Waals surface area (Å²) < 4.78 is 31.1. The van der Waals surface area contributed by atoms with Gasteiger partial charge in [0.15, 0.2) is 5.17 Å². The molecule has 1 aromatic carbocycles. The maximum absolute atomic E-state index is 7.88. The van der Waals surface area contributed by atoms with Crippen molar-refractivity contribution < 1.29 is 5.48 Å². The zero-order chi connectivity index (χ0) is 13.0. The van der Waals surface area contributed by atoms with Crippen molar-refractivity contribution in [3.8, 4) is 0 Å². The summed E-state index contributed by atoms with van der Waals surface area (Å²) in [5.74, 6) is 0. The fourth-order valence-electron chi connectivity index (χ4n) is 1.65. The molecule has 0 aromatic heterocycles. The van der Waals surface area contributed by atoms with Gasteiger partial charge in [-0.1, -0.05) is 42.1 Å². The lowest BCUT2D eigenvalue weighted by Crippen LogP contribution is -2.21. The highest BCUT2D eigenvalue weighted by Crippen LogP contribution is 2.31. The van der Waals surface area contributed by atoms with E-state index in [0.29, 0.717) is 11.7 Å². The van der Waals surface area contributed by atoms with E-state index in [1.54, 1.807) is 0 Å². The molecule has 2 aliphatic rings. The van der Waals surface area contributed by atoms with Crippen LogP contribution in [-0.2, 0) is 0 Å². The second-order valence-electron chi connectivity index (χ2n) is 3.26. The lowest BCUT2D eigenvalue weighted by Gasteiger charge is -2.12. The van der Waals surface area contributed by atoms with Crippen LogP contribution < -0.4 is 0 Å². The molecule has 0 amide bonds. The molecule has 3 heteroatoms. The number of thioether (sulfide) groups is 1. The lowest BCUT2D eigenvalue weighted by atomic mass is 10.1. The van der Waals surface area contributed by atoms with Crippen molar-refractivity contribution in [2.45, 2.75) is 6.04 Å². The zero-order valence-corrected chi connectivity index (χ0v) is 8.29. The molecule has 0 saturated carbocycles. The first-order valence-electron chi connectivity index (χ1n) is 6.51. The van der Waals surface area contributed by atoms with Crippen LogP contribution in [0.2, 0.25) is 0 Å². The van der Waals surface area contributed by atoms with Crippen molar-refractivity contribution in [3.05, 3.63) is 35.9 Å². The molecule has 1 aromatic rings. The van der Waals surface area contributed by atoms with Gasteiger partial charge in [-0.25, -0.2) is 0 Å². The maximum Gasteiger partial charge on any atom is 0.160 e. The van der Waals surface area contributed by atoms with Gasteiger partial charge in [-0.05, 0) is 5.56 Å². The Hall–Kier alpha value is -0.960. The van der Waals surface area contributed by atoms with Gasteiger partial charge in [-0.3, -0.25) is 4.99 Å². The van der Waals surface area contributed by atoms with Crippen LogP contribution in [0.1, 0.15) is 17.1 Å². The van der Waals surface area contributed by atoms with E-state index in [-0.39, 0.29) is 6.04 Å². The fraction of sp³-hybridized carbons (Fsp3) is 0.364. The van der Waals surface area contributed by atoms with Crippen LogP contribution in [0.3, 0.4) is 0 Å². The highest BCUT2D eigenvalue weighted by molar-refractivity contribution is 8.14. The van der Waals surface area contributed by atoms with Crippen molar-refractivity contribution in [1.29, 1.82) is 0 Å². The van der Waals surface area contributed by atoms with Gasteiger partial charge in [0.25, 0.3) is 0 Å². The van der Waals surface area contributed by atoms with Crippen molar-refractivity contribution in [2.24, 2.45) is 4.99 Å². The van der Waals surface area contributed by atoms with Crippen LogP contribution in [0, 0.1) is 0 Å². The van der Waals surface area contributed by atoms with E-state index in [4.69, 9.17) is 5.48 Å². The van der Waals surface area contributed by atoms with Crippen LogP contribution in [0.5, 0.6) is 0 Å². The third-order valence-electron chi connectivity index (χ3n) is 2.36. The van der Waals surface area contributed by atoms with Gasteiger partial charge >= 0.3 is 0 Å². The Labute approximate surface area is 93.6 Å². The van der Waals surface area contributed by atoms with E-state index in [1.165, 1.54) is 4.90 Å². The standard InChI is InChI=1S/C11H12N2S/c1-2-4-9(5-3-1)10-8-13-6-7-14-11(13)12-10/h1-5,10H,6-8H2/t10-/m1/s1/i6D2,7D2. The van der Waals surface area contributed by atoms with Crippen LogP contribution >= 0.6 is 11.8 Å². The van der Waals surface area contributed by atoms with Crippen LogP contribution in [0.25, 0.3) is 0 Å². The van der Waals surface area contributed by atoms with Crippen molar-refractivity contribution in [1.82, 2.24) is 4.90 Å². The molecule has 1 saturated heterocycles. The second-order valence-corrected chi connectivity index (χ2v) is 4.04. The Morgan fingerprint density at radius 2 is 2.29 bits per heavy atom. The molecular formula is C11H12N2S. The minimum atomic E-state index is -2.00. The average molecular weight is 208 g/mol. The highest BCUT2D eigenvalue weighted by Gasteiger charge is 2.29. The number of hydrogen-bond donors (Lipinski definition) is 0. The molecule has 2 nitrogen and oxygen atoms in total. The summed E-state index contributed by atoms with van der Waals surface area (Å²) in [6, 6.07) is 9.62. The minimum Gasteiger partial charge on any atom is -0.348 e. The Morgan fingerprint density at radius 3 is 3.07 bits per heavy atom. The van der Waals surface area contributed by atoms with Crippen LogP contribution in [0.4, 0.5) is 0 Å². The number of benzene rings is 1. The van der Waals surface area contributed by atoms with Gasteiger partial charge in [-0.15, -0.1) is 0 Å². The van der Waals surface area contributed by atoms with Gasteiger partial charge in [0, 0.05) is 21.5 Å². The molecule has 14 heavy (non-hydrogen) atoms. The quantitative estimate of drug-likeness (QED) is 0.702. The third-order valence-corrected chi connectivity index (χ3v) is 3.06. The zero-order valence-electron chi connectivity index (χ0n) is 11.5. The second kappa shape index (κ2) is 3.31. The van der Waals surface area contributed by atoms with Gasteiger partial charge in [0.05, 0.1) is 8.78 Å². The van der Waals surface area contributed by atoms with Gasteiger partial charge in [0.2, 0.25) is 0 Å². The van der Waals surface area contributed by atoms with Gasteiger partial charge < -0.3 is 4.90 Å². The molecule has 3 rings (SSSR count). The molecule has 2 aliphatic heterocycles. The summed E-state index contributed by atoms with van der Waals surface area (Å²) in [6.45, 7) is -1.60. The molecule has 1 fully saturated rings. The number of rotatable bonds is 1. The molecular weight excluding hydrogens is 192 g/mol. The van der Waals surface area contributed by atoms with Gasteiger partial charge in [-0.2, -0.15) is 0 Å². The van der Waals surface area contributed by atoms with E-state index in [2.05, 4.69) is 4.99 Å². The third kappa shape index (κ3) is 1.32. The molecule has 1 atom stereocenters. The summed E-state index contributed by atoms with van der Waals surface area (Å²) in [5.41, 5.74) is -0.899. The molecule has 0 bridgehead atoms. The first-order chi connectivity index (χ1) is 8.42. The first-order valence-corrected chi connectivity index (χ1v) is 5.33. The number of nitrogens with zero attached hydrogens (tertiary/aromatic N) is 2. The number of amidine groups is 1. The summed E-state index contributed by atoms with van der Waals surface area (Å²) in [6.07, 6.45) is 0. The molecule has 0 unspecified atom stereocenters. The highest BCUT2D eigenvalue weighted by atomic mass is 32.2. The van der Waals surface area contributed by atoms with E-state index in [9.17, 15) is 0 Å². The minimum absolute atomic E-state index is 0.0973. The van der Waals surface area contributed by atoms with Crippen molar-refractivity contribution in [2.75, 3.05) is 18.7 Å². The summed E-state index contributed by atoms with van der Waals surface area (Å²) in [5, 5.41) is 0.471. The van der Waals surface area contributed by atoms with Crippen molar-refractivity contribution >= 4 is 16.9 Å². The van der Waals surface area contributed by atoms with Crippen LogP contribution in [-0.4, -0.2) is 28.8 Å². The molecule has 0 radical (unpaired) electrons. The predicted molar refractivity (Wildman–Crippen MR) is 60.6 cm³/mol. The summed E-state index contributed by atoms with van der Waals surface area (Å²) in [7, 11) is 0. The Bertz CT molecular complexity index is 503. The van der Waals surface area contributed by atoms with E-state index in [0.717, 1.165) is 17.3 Å². The van der Waals surface area contributed by atoms with Crippen molar-refractivity contribution in [3.63, 3.8) is 0 Å². The normalized spacial score (nSPS) is 36.4. The number of fused-ring (bicyclic) bond motifs is 1. The largest absolute Gasteiger partial charge is 0.348 e. The molecule has 0 spiro atoms. The molecule has 0 aliphatic carbocycles. The topological polar surface area (TPSA) is 15.6 Å². The SMILES string of the molecule is [2H]C1([2H])SC2=N[C@@H](c3ccccc3)CN2C1([2H])[2H]. The number of hydrogen-bond acceptors (Lipinski definition) is 3. The van der Waals surface area contributed by atoms with E-state index < -0.39 is 12.2 Å². The fourth-order valence-corrected chi connectivity index (χ4v) is 2.31. The Kier molecular flexibility index (Phi) is 1.23. The monoisotopic (exact) mass is 208 g/mol. The Morgan fingerprint density at radius 1 is 1.43 bits per heavy atom. The Balaban J connectivity index is 1.91.